The van der Waals surface area contributed by atoms with Crippen LogP contribution in [0.5, 0.6) is 0 Å². The maximum atomic E-state index is 4.52. The van der Waals surface area contributed by atoms with Crippen LogP contribution in [0.2, 0.25) is 0 Å². The molecule has 102 valence electrons. The fourth-order valence-corrected chi connectivity index (χ4v) is 3.89. The van der Waals surface area contributed by atoms with Gasteiger partial charge in [-0.15, -0.1) is 22.7 Å². The molecule has 0 radical (unpaired) electrons. The monoisotopic (exact) mass is 301 g/mol. The summed E-state index contributed by atoms with van der Waals surface area (Å²) >= 11 is 3.40. The summed E-state index contributed by atoms with van der Waals surface area (Å²) in [7, 11) is 4.09. The van der Waals surface area contributed by atoms with Crippen molar-refractivity contribution < 1.29 is 0 Å². The Labute approximate surface area is 126 Å². The second-order valence-electron chi connectivity index (χ2n) is 4.72. The molecule has 0 aliphatic carbocycles. The van der Waals surface area contributed by atoms with E-state index in [9.17, 15) is 0 Å². The van der Waals surface area contributed by atoms with Gasteiger partial charge in [-0.2, -0.15) is 0 Å². The Bertz CT molecular complexity index is 720. The summed E-state index contributed by atoms with van der Waals surface area (Å²) in [5.41, 5.74) is 3.26. The summed E-state index contributed by atoms with van der Waals surface area (Å²) in [5, 5.41) is 2.09. The van der Waals surface area contributed by atoms with E-state index in [4.69, 9.17) is 0 Å². The summed E-state index contributed by atoms with van der Waals surface area (Å²) in [6.45, 7) is 2.01. The smallest absolute Gasteiger partial charge is 0.182 e. The molecule has 0 aliphatic heterocycles. The third kappa shape index (κ3) is 2.73. The van der Waals surface area contributed by atoms with Crippen LogP contribution in [0, 0.1) is 6.92 Å². The number of anilines is 1. The zero-order valence-corrected chi connectivity index (χ0v) is 13.3. The summed E-state index contributed by atoms with van der Waals surface area (Å²) in [6.07, 6.45) is 4.15. The molecule has 0 N–H and O–H groups in total. The molecule has 3 nitrogen and oxygen atoms in total. The number of fused-ring (bicyclic) bond motifs is 1. The van der Waals surface area contributed by atoms with E-state index in [-0.39, 0.29) is 0 Å². The summed E-state index contributed by atoms with van der Waals surface area (Å²) < 4.78 is 1.20. The average Bonchev–Trinajstić information content (AvgIpc) is 2.93. The molecule has 0 saturated heterocycles. The van der Waals surface area contributed by atoms with Crippen molar-refractivity contribution in [1.29, 1.82) is 0 Å². The highest BCUT2D eigenvalue weighted by molar-refractivity contribution is 7.38. The number of hydrogen-bond acceptors (Lipinski definition) is 5. The molecule has 2 heterocycles. The van der Waals surface area contributed by atoms with Crippen LogP contribution in [0.4, 0.5) is 5.69 Å². The van der Waals surface area contributed by atoms with Gasteiger partial charge in [0.1, 0.15) is 9.02 Å². The highest BCUT2D eigenvalue weighted by Crippen LogP contribution is 2.28. The number of rotatable bonds is 3. The van der Waals surface area contributed by atoms with Crippen molar-refractivity contribution in [2.75, 3.05) is 19.0 Å². The van der Waals surface area contributed by atoms with Crippen LogP contribution in [0.25, 0.3) is 21.8 Å². The van der Waals surface area contributed by atoms with Crippen LogP contribution >= 0.6 is 22.7 Å². The number of nitrogens with zero attached hydrogens (tertiary/aromatic N) is 3. The van der Waals surface area contributed by atoms with Gasteiger partial charge in [-0.1, -0.05) is 18.2 Å². The second kappa shape index (κ2) is 5.34. The van der Waals surface area contributed by atoms with E-state index in [1.807, 2.05) is 21.0 Å². The van der Waals surface area contributed by atoms with Crippen LogP contribution in [0.3, 0.4) is 0 Å². The van der Waals surface area contributed by atoms with Gasteiger partial charge in [-0.3, -0.25) is 0 Å². The van der Waals surface area contributed by atoms with E-state index in [1.54, 1.807) is 22.7 Å². The third-order valence-corrected chi connectivity index (χ3v) is 4.99. The van der Waals surface area contributed by atoms with Crippen molar-refractivity contribution in [3.63, 3.8) is 0 Å². The van der Waals surface area contributed by atoms with Crippen molar-refractivity contribution in [3.8, 4) is 0 Å². The first-order chi connectivity index (χ1) is 9.61. The lowest BCUT2D eigenvalue weighted by Gasteiger charge is -2.11. The molecular weight excluding hydrogens is 286 g/mol. The number of hydrogen-bond donors (Lipinski definition) is 0. The molecule has 20 heavy (non-hydrogen) atoms. The number of benzene rings is 1. The zero-order valence-electron chi connectivity index (χ0n) is 11.6. The predicted molar refractivity (Wildman–Crippen MR) is 89.7 cm³/mol. The lowest BCUT2D eigenvalue weighted by molar-refractivity contribution is 1.13. The SMILES string of the molecule is Cc1nc2nc(/C=C/c3ccc(N(C)C)cc3)sc2s1. The Kier molecular flexibility index (Phi) is 3.54. The maximum absolute atomic E-state index is 4.52. The van der Waals surface area contributed by atoms with Crippen molar-refractivity contribution in [2.45, 2.75) is 6.92 Å². The molecule has 0 saturated carbocycles. The van der Waals surface area contributed by atoms with Crippen LogP contribution < -0.4 is 4.90 Å². The van der Waals surface area contributed by atoms with E-state index in [0.29, 0.717) is 0 Å². The largest absolute Gasteiger partial charge is 0.378 e. The highest BCUT2D eigenvalue weighted by atomic mass is 32.2. The minimum Gasteiger partial charge on any atom is -0.378 e. The van der Waals surface area contributed by atoms with E-state index >= 15 is 0 Å². The number of aryl methyl sites for hydroxylation is 1. The van der Waals surface area contributed by atoms with Crippen molar-refractivity contribution in [3.05, 3.63) is 39.8 Å². The lowest BCUT2D eigenvalue weighted by Crippen LogP contribution is -2.07. The Hall–Kier alpha value is -1.72. The molecule has 0 unspecified atom stereocenters. The number of aromatic nitrogens is 2. The van der Waals surface area contributed by atoms with Crippen LogP contribution in [0.1, 0.15) is 15.6 Å². The Balaban J connectivity index is 1.80. The van der Waals surface area contributed by atoms with Crippen LogP contribution in [0.15, 0.2) is 24.3 Å². The Morgan fingerprint density at radius 1 is 1.00 bits per heavy atom. The van der Waals surface area contributed by atoms with Crippen molar-refractivity contribution in [2.24, 2.45) is 0 Å². The molecular formula is C15H15N3S2. The first-order valence-corrected chi connectivity index (χ1v) is 7.94. The first-order valence-electron chi connectivity index (χ1n) is 6.31. The fraction of sp³-hybridized carbons (Fsp3) is 0.200. The molecule has 0 aliphatic rings. The van der Waals surface area contributed by atoms with E-state index in [1.165, 1.54) is 15.3 Å². The molecule has 0 fully saturated rings. The molecule has 0 bridgehead atoms. The standard InChI is InChI=1S/C15H15N3S2/c1-10-16-14-15(19-10)20-13(17-14)9-6-11-4-7-12(8-5-11)18(2)3/h4-9H,1-3H3/b9-6+. The van der Waals surface area contributed by atoms with E-state index < -0.39 is 0 Å². The molecule has 1 aromatic carbocycles. The molecule has 0 atom stereocenters. The Morgan fingerprint density at radius 3 is 2.40 bits per heavy atom. The van der Waals surface area contributed by atoms with E-state index in [2.05, 4.69) is 51.3 Å². The minimum atomic E-state index is 0.875. The highest BCUT2D eigenvalue weighted by Gasteiger charge is 2.05. The molecule has 3 rings (SSSR count). The summed E-state index contributed by atoms with van der Waals surface area (Å²) in [5.74, 6) is 0. The number of thiazole rings is 2. The van der Waals surface area contributed by atoms with Crippen molar-refractivity contribution >= 4 is 50.2 Å². The fourth-order valence-electron chi connectivity index (χ4n) is 1.88. The molecule has 3 aromatic rings. The average molecular weight is 301 g/mol. The topological polar surface area (TPSA) is 29.0 Å². The van der Waals surface area contributed by atoms with Gasteiger partial charge < -0.3 is 4.90 Å². The molecule has 2 aromatic heterocycles. The van der Waals surface area contributed by atoms with Gasteiger partial charge in [0.2, 0.25) is 0 Å². The van der Waals surface area contributed by atoms with E-state index in [0.717, 1.165) is 15.7 Å². The van der Waals surface area contributed by atoms with Crippen LogP contribution in [-0.2, 0) is 0 Å². The van der Waals surface area contributed by atoms with Gasteiger partial charge in [-0.05, 0) is 30.7 Å². The van der Waals surface area contributed by atoms with Gasteiger partial charge in [0, 0.05) is 19.8 Å². The van der Waals surface area contributed by atoms with Gasteiger partial charge in [-0.25, -0.2) is 9.97 Å². The van der Waals surface area contributed by atoms with Gasteiger partial charge in [0.15, 0.2) is 5.65 Å². The zero-order chi connectivity index (χ0) is 14.1. The quantitative estimate of drug-likeness (QED) is 0.722. The summed E-state index contributed by atoms with van der Waals surface area (Å²) in [4.78, 5) is 11.0. The summed E-state index contributed by atoms with van der Waals surface area (Å²) in [6, 6.07) is 8.46. The van der Waals surface area contributed by atoms with Gasteiger partial charge >= 0.3 is 0 Å². The predicted octanol–water partition coefficient (Wildman–Crippen LogP) is 4.30. The van der Waals surface area contributed by atoms with Crippen molar-refractivity contribution in [1.82, 2.24) is 9.97 Å². The molecule has 0 spiro atoms. The van der Waals surface area contributed by atoms with Gasteiger partial charge in [0.25, 0.3) is 0 Å². The van der Waals surface area contributed by atoms with Crippen LogP contribution in [-0.4, -0.2) is 24.1 Å². The third-order valence-electron chi connectivity index (χ3n) is 2.93. The first kappa shape index (κ1) is 13.3. The molecule has 5 heteroatoms. The second-order valence-corrected chi connectivity index (χ2v) is 7.21. The normalized spacial score (nSPS) is 11.6. The Morgan fingerprint density at radius 2 is 1.75 bits per heavy atom. The van der Waals surface area contributed by atoms with Gasteiger partial charge in [0.05, 0.1) is 5.01 Å². The minimum absolute atomic E-state index is 0.875. The molecule has 0 amide bonds. The maximum Gasteiger partial charge on any atom is 0.182 e. The lowest BCUT2D eigenvalue weighted by atomic mass is 10.2.